The molecular weight excluding hydrogens is 292 g/mol. The Morgan fingerprint density at radius 3 is 2.85 bits per heavy atom. The number of thiophene rings is 1. The molecule has 2 N–H and O–H groups in total. The third-order valence-electron chi connectivity index (χ3n) is 3.08. The molecular formula is C15H13ClN2OS. The molecule has 0 aliphatic rings. The van der Waals surface area contributed by atoms with E-state index in [1.165, 1.54) is 4.88 Å². The number of anilines is 1. The predicted octanol–water partition coefficient (Wildman–Crippen LogP) is 4.87. The van der Waals surface area contributed by atoms with E-state index in [0.29, 0.717) is 10.9 Å². The first-order valence-corrected chi connectivity index (χ1v) is 7.48. The standard InChI is InChI=1S/C15H13ClN2OS/c1-2-11-6-7-12(20-11)14-13(15(17)19-18-14)9-4-3-5-10(16)8-9/h3-8H,2,17H2,1H3. The number of aromatic nitrogens is 1. The highest BCUT2D eigenvalue weighted by atomic mass is 35.5. The number of nitrogens with two attached hydrogens (primary N) is 1. The Morgan fingerprint density at radius 2 is 2.15 bits per heavy atom. The predicted molar refractivity (Wildman–Crippen MR) is 84.1 cm³/mol. The molecule has 0 bridgehead atoms. The average molecular weight is 305 g/mol. The Balaban J connectivity index is 2.14. The third-order valence-corrected chi connectivity index (χ3v) is 4.55. The number of hydrogen-bond donors (Lipinski definition) is 1. The largest absolute Gasteiger partial charge is 0.367 e. The van der Waals surface area contributed by atoms with Crippen molar-refractivity contribution in [3.8, 4) is 21.7 Å². The van der Waals surface area contributed by atoms with Gasteiger partial charge in [-0.25, -0.2) is 0 Å². The number of halogens is 1. The minimum atomic E-state index is 0.314. The van der Waals surface area contributed by atoms with Crippen molar-refractivity contribution in [2.45, 2.75) is 13.3 Å². The monoisotopic (exact) mass is 304 g/mol. The lowest BCUT2D eigenvalue weighted by atomic mass is 10.0. The van der Waals surface area contributed by atoms with Gasteiger partial charge in [-0.05, 0) is 36.2 Å². The maximum atomic E-state index is 6.05. The Kier molecular flexibility index (Phi) is 3.51. The van der Waals surface area contributed by atoms with E-state index in [1.54, 1.807) is 11.3 Å². The van der Waals surface area contributed by atoms with E-state index in [2.05, 4.69) is 24.2 Å². The van der Waals surface area contributed by atoms with Crippen LogP contribution in [-0.4, -0.2) is 5.16 Å². The molecule has 3 aromatic rings. The molecule has 0 fully saturated rings. The maximum absolute atomic E-state index is 6.05. The van der Waals surface area contributed by atoms with E-state index >= 15 is 0 Å². The second-order valence-corrected chi connectivity index (χ2v) is 6.01. The van der Waals surface area contributed by atoms with Gasteiger partial charge in [0.2, 0.25) is 5.88 Å². The first-order valence-electron chi connectivity index (χ1n) is 6.29. The lowest BCUT2D eigenvalue weighted by molar-refractivity contribution is 0.439. The van der Waals surface area contributed by atoms with E-state index in [1.807, 2.05) is 24.3 Å². The Hall–Kier alpha value is -1.78. The van der Waals surface area contributed by atoms with Gasteiger partial charge in [-0.2, -0.15) is 0 Å². The number of hydrogen-bond acceptors (Lipinski definition) is 4. The summed E-state index contributed by atoms with van der Waals surface area (Å²) >= 11 is 7.75. The highest BCUT2D eigenvalue weighted by Gasteiger charge is 2.18. The van der Waals surface area contributed by atoms with Gasteiger partial charge in [-0.3, -0.25) is 0 Å². The Bertz CT molecular complexity index is 748. The van der Waals surface area contributed by atoms with Crippen LogP contribution in [0, 0.1) is 0 Å². The van der Waals surface area contributed by atoms with Gasteiger partial charge >= 0.3 is 0 Å². The number of benzene rings is 1. The zero-order valence-corrected chi connectivity index (χ0v) is 12.5. The van der Waals surface area contributed by atoms with Crippen molar-refractivity contribution in [2.75, 3.05) is 5.73 Å². The minimum absolute atomic E-state index is 0.314. The lowest BCUT2D eigenvalue weighted by Crippen LogP contribution is -1.86. The van der Waals surface area contributed by atoms with Crippen molar-refractivity contribution in [3.63, 3.8) is 0 Å². The summed E-state index contributed by atoms with van der Waals surface area (Å²) in [7, 11) is 0. The van der Waals surface area contributed by atoms with Crippen molar-refractivity contribution >= 4 is 28.8 Å². The number of nitrogens with zero attached hydrogens (tertiary/aromatic N) is 1. The summed E-state index contributed by atoms with van der Waals surface area (Å²) in [6, 6.07) is 11.7. The molecule has 0 spiro atoms. The molecule has 0 saturated heterocycles. The van der Waals surface area contributed by atoms with Crippen molar-refractivity contribution < 1.29 is 4.52 Å². The summed E-state index contributed by atoms with van der Waals surface area (Å²) in [5.74, 6) is 0.314. The van der Waals surface area contributed by atoms with E-state index in [4.69, 9.17) is 21.9 Å². The van der Waals surface area contributed by atoms with Crippen molar-refractivity contribution in [3.05, 3.63) is 46.3 Å². The number of nitrogen functional groups attached to an aromatic ring is 1. The van der Waals surface area contributed by atoms with Crippen LogP contribution >= 0.6 is 22.9 Å². The summed E-state index contributed by atoms with van der Waals surface area (Å²) in [5.41, 5.74) is 8.42. The molecule has 2 heterocycles. The molecule has 0 aliphatic carbocycles. The lowest BCUT2D eigenvalue weighted by Gasteiger charge is -2.01. The second-order valence-electron chi connectivity index (χ2n) is 4.40. The fraction of sp³-hybridized carbons (Fsp3) is 0.133. The zero-order valence-electron chi connectivity index (χ0n) is 10.9. The van der Waals surface area contributed by atoms with Crippen LogP contribution in [0.25, 0.3) is 21.7 Å². The molecule has 5 heteroatoms. The number of aryl methyl sites for hydroxylation is 1. The van der Waals surface area contributed by atoms with Crippen molar-refractivity contribution in [1.29, 1.82) is 0 Å². The van der Waals surface area contributed by atoms with Crippen LogP contribution in [0.2, 0.25) is 5.02 Å². The zero-order chi connectivity index (χ0) is 14.1. The summed E-state index contributed by atoms with van der Waals surface area (Å²) in [6.45, 7) is 2.13. The van der Waals surface area contributed by atoms with Gasteiger partial charge in [0, 0.05) is 9.90 Å². The van der Waals surface area contributed by atoms with Crippen molar-refractivity contribution in [2.24, 2.45) is 0 Å². The quantitative estimate of drug-likeness (QED) is 0.751. The summed E-state index contributed by atoms with van der Waals surface area (Å²) in [6.07, 6.45) is 1.00. The van der Waals surface area contributed by atoms with E-state index in [-0.39, 0.29) is 0 Å². The normalized spacial score (nSPS) is 10.9. The molecule has 0 amide bonds. The molecule has 0 unspecified atom stereocenters. The third kappa shape index (κ3) is 2.32. The molecule has 3 nitrogen and oxygen atoms in total. The van der Waals surface area contributed by atoms with Gasteiger partial charge in [0.25, 0.3) is 0 Å². The average Bonchev–Trinajstić information content (AvgIpc) is 3.04. The Labute approximate surface area is 126 Å². The van der Waals surface area contributed by atoms with Crippen LogP contribution in [0.4, 0.5) is 5.88 Å². The van der Waals surface area contributed by atoms with Gasteiger partial charge in [-0.1, -0.05) is 35.8 Å². The summed E-state index contributed by atoms with van der Waals surface area (Å²) in [5, 5.41) is 4.77. The molecule has 2 aromatic heterocycles. The van der Waals surface area contributed by atoms with Crippen LogP contribution < -0.4 is 5.73 Å². The van der Waals surface area contributed by atoms with Crippen LogP contribution in [0.1, 0.15) is 11.8 Å². The van der Waals surface area contributed by atoms with Crippen LogP contribution in [-0.2, 0) is 6.42 Å². The van der Waals surface area contributed by atoms with Gasteiger partial charge in [0.15, 0.2) is 0 Å². The van der Waals surface area contributed by atoms with Gasteiger partial charge in [0.1, 0.15) is 5.69 Å². The van der Waals surface area contributed by atoms with Crippen LogP contribution in [0.15, 0.2) is 40.9 Å². The molecule has 0 saturated carbocycles. The maximum Gasteiger partial charge on any atom is 0.230 e. The topological polar surface area (TPSA) is 52.0 Å². The highest BCUT2D eigenvalue weighted by Crippen LogP contribution is 2.39. The number of rotatable bonds is 3. The first-order chi connectivity index (χ1) is 9.69. The molecule has 0 radical (unpaired) electrons. The van der Waals surface area contributed by atoms with Gasteiger partial charge in [-0.15, -0.1) is 11.3 Å². The van der Waals surface area contributed by atoms with E-state index in [9.17, 15) is 0 Å². The molecule has 20 heavy (non-hydrogen) atoms. The smallest absolute Gasteiger partial charge is 0.230 e. The first kappa shape index (κ1) is 13.2. The summed E-state index contributed by atoms with van der Waals surface area (Å²) in [4.78, 5) is 2.36. The van der Waals surface area contributed by atoms with Gasteiger partial charge in [0.05, 0.1) is 10.4 Å². The van der Waals surface area contributed by atoms with E-state index < -0.39 is 0 Å². The SMILES string of the molecule is CCc1ccc(-c2noc(N)c2-c2cccc(Cl)c2)s1. The minimum Gasteiger partial charge on any atom is -0.367 e. The molecule has 102 valence electrons. The fourth-order valence-corrected chi connectivity index (χ4v) is 3.21. The van der Waals surface area contributed by atoms with Gasteiger partial charge < -0.3 is 10.3 Å². The summed E-state index contributed by atoms with van der Waals surface area (Å²) < 4.78 is 5.18. The second kappa shape index (κ2) is 5.31. The Morgan fingerprint density at radius 1 is 1.30 bits per heavy atom. The molecule has 1 aromatic carbocycles. The van der Waals surface area contributed by atoms with Crippen LogP contribution in [0.3, 0.4) is 0 Å². The highest BCUT2D eigenvalue weighted by molar-refractivity contribution is 7.15. The fourth-order valence-electron chi connectivity index (χ4n) is 2.09. The van der Waals surface area contributed by atoms with Crippen LogP contribution in [0.5, 0.6) is 0 Å². The molecule has 0 aliphatic heterocycles. The molecule has 3 rings (SSSR count). The molecule has 0 atom stereocenters. The van der Waals surface area contributed by atoms with Crippen molar-refractivity contribution in [1.82, 2.24) is 5.16 Å². The van der Waals surface area contributed by atoms with E-state index in [0.717, 1.165) is 28.1 Å².